The smallest absolute Gasteiger partial charge is 0.0992 e. The molecule has 0 saturated carbocycles. The quantitative estimate of drug-likeness (QED) is 0.808. The SMILES string of the molecule is Cc1cc(C)c(C(C)Nc2ccc(C#N)cc2Br)cc1C. The summed E-state index contributed by atoms with van der Waals surface area (Å²) < 4.78 is 0.912. The minimum atomic E-state index is 0.202. The van der Waals surface area contributed by atoms with Crippen molar-refractivity contribution in [1.82, 2.24) is 0 Å². The molecule has 1 N–H and O–H groups in total. The lowest BCUT2D eigenvalue weighted by Crippen LogP contribution is -2.09. The molecule has 1 unspecified atom stereocenters. The van der Waals surface area contributed by atoms with Crippen LogP contribution in [0.3, 0.4) is 0 Å². The Bertz CT molecular complexity index is 714. The second kappa shape index (κ2) is 6.32. The van der Waals surface area contributed by atoms with E-state index < -0.39 is 0 Å². The molecule has 0 bridgehead atoms. The molecule has 0 aliphatic carbocycles. The van der Waals surface area contributed by atoms with Gasteiger partial charge in [-0.3, -0.25) is 0 Å². The first-order chi connectivity index (χ1) is 9.92. The van der Waals surface area contributed by atoms with Crippen molar-refractivity contribution < 1.29 is 0 Å². The Morgan fingerprint density at radius 2 is 1.71 bits per heavy atom. The first-order valence-corrected chi connectivity index (χ1v) is 7.75. The number of halogens is 1. The lowest BCUT2D eigenvalue weighted by molar-refractivity contribution is 0.869. The summed E-state index contributed by atoms with van der Waals surface area (Å²) in [6.07, 6.45) is 0. The van der Waals surface area contributed by atoms with E-state index in [-0.39, 0.29) is 6.04 Å². The minimum Gasteiger partial charge on any atom is -0.378 e. The standard InChI is InChI=1S/C18H19BrN2/c1-11-7-13(3)16(8-12(11)2)14(4)21-18-6-5-15(10-20)9-17(18)19/h5-9,14,21H,1-4H3. The zero-order valence-corrected chi connectivity index (χ0v) is 14.4. The highest BCUT2D eigenvalue weighted by atomic mass is 79.9. The molecule has 0 fully saturated rings. The molecule has 1 atom stereocenters. The van der Waals surface area contributed by atoms with Crippen LogP contribution in [-0.2, 0) is 0 Å². The van der Waals surface area contributed by atoms with E-state index in [1.807, 2.05) is 18.2 Å². The highest BCUT2D eigenvalue weighted by Crippen LogP contribution is 2.29. The van der Waals surface area contributed by atoms with Gasteiger partial charge in [-0.05, 0) is 84.1 Å². The summed E-state index contributed by atoms with van der Waals surface area (Å²) in [5.74, 6) is 0. The molecule has 0 heterocycles. The number of aryl methyl sites for hydroxylation is 3. The van der Waals surface area contributed by atoms with Crippen molar-refractivity contribution in [3.63, 3.8) is 0 Å². The molecule has 0 aliphatic heterocycles. The van der Waals surface area contributed by atoms with Crippen molar-refractivity contribution in [2.45, 2.75) is 33.7 Å². The Hall–Kier alpha value is -1.79. The largest absolute Gasteiger partial charge is 0.378 e. The summed E-state index contributed by atoms with van der Waals surface area (Å²) in [4.78, 5) is 0. The average molecular weight is 343 g/mol. The van der Waals surface area contributed by atoms with Crippen molar-refractivity contribution in [3.8, 4) is 6.07 Å². The van der Waals surface area contributed by atoms with Crippen molar-refractivity contribution in [2.75, 3.05) is 5.32 Å². The Morgan fingerprint density at radius 1 is 1.05 bits per heavy atom. The topological polar surface area (TPSA) is 35.8 Å². The van der Waals surface area contributed by atoms with E-state index in [0.717, 1.165) is 10.2 Å². The predicted octanol–water partition coefficient (Wildman–Crippen LogP) is 5.42. The molecule has 0 aliphatic rings. The molecule has 3 heteroatoms. The first kappa shape index (κ1) is 15.6. The monoisotopic (exact) mass is 342 g/mol. The number of nitrogens with zero attached hydrogens (tertiary/aromatic N) is 1. The van der Waals surface area contributed by atoms with Crippen LogP contribution in [0, 0.1) is 32.1 Å². The molecule has 2 nitrogen and oxygen atoms in total. The van der Waals surface area contributed by atoms with Crippen molar-refractivity contribution in [2.24, 2.45) is 0 Å². The fraction of sp³-hybridized carbons (Fsp3) is 0.278. The van der Waals surface area contributed by atoms with Crippen LogP contribution in [0.1, 0.15) is 40.8 Å². The third kappa shape index (κ3) is 3.46. The van der Waals surface area contributed by atoms with Crippen LogP contribution < -0.4 is 5.32 Å². The maximum atomic E-state index is 8.91. The van der Waals surface area contributed by atoms with E-state index in [4.69, 9.17) is 5.26 Å². The second-order valence-corrected chi connectivity index (χ2v) is 6.32. The van der Waals surface area contributed by atoms with Crippen LogP contribution in [0.15, 0.2) is 34.8 Å². The van der Waals surface area contributed by atoms with Gasteiger partial charge in [0.15, 0.2) is 0 Å². The lowest BCUT2D eigenvalue weighted by Gasteiger charge is -2.20. The van der Waals surface area contributed by atoms with Crippen molar-refractivity contribution in [1.29, 1.82) is 5.26 Å². The highest BCUT2D eigenvalue weighted by molar-refractivity contribution is 9.10. The van der Waals surface area contributed by atoms with Gasteiger partial charge in [0.25, 0.3) is 0 Å². The lowest BCUT2D eigenvalue weighted by atomic mass is 9.96. The average Bonchev–Trinajstić information content (AvgIpc) is 2.44. The normalized spacial score (nSPS) is 11.8. The van der Waals surface area contributed by atoms with Crippen molar-refractivity contribution in [3.05, 3.63) is 62.6 Å². The van der Waals surface area contributed by atoms with Gasteiger partial charge < -0.3 is 5.32 Å². The summed E-state index contributed by atoms with van der Waals surface area (Å²) in [5.41, 5.74) is 6.88. The summed E-state index contributed by atoms with van der Waals surface area (Å²) in [5, 5.41) is 12.4. The number of hydrogen-bond donors (Lipinski definition) is 1. The van der Waals surface area contributed by atoms with Gasteiger partial charge in [-0.1, -0.05) is 12.1 Å². The molecule has 0 aromatic heterocycles. The molecular weight excluding hydrogens is 324 g/mol. The molecule has 21 heavy (non-hydrogen) atoms. The van der Waals surface area contributed by atoms with E-state index in [0.29, 0.717) is 5.56 Å². The first-order valence-electron chi connectivity index (χ1n) is 6.96. The predicted molar refractivity (Wildman–Crippen MR) is 91.5 cm³/mol. The molecule has 0 radical (unpaired) electrons. The van der Waals surface area contributed by atoms with Gasteiger partial charge in [-0.15, -0.1) is 0 Å². The van der Waals surface area contributed by atoms with Gasteiger partial charge in [0.2, 0.25) is 0 Å². The molecule has 0 saturated heterocycles. The minimum absolute atomic E-state index is 0.202. The second-order valence-electron chi connectivity index (χ2n) is 5.47. The van der Waals surface area contributed by atoms with Gasteiger partial charge in [0.05, 0.1) is 11.6 Å². The molecule has 2 aromatic carbocycles. The molecule has 108 valence electrons. The van der Waals surface area contributed by atoms with E-state index in [1.165, 1.54) is 22.3 Å². The van der Waals surface area contributed by atoms with Gasteiger partial charge in [-0.2, -0.15) is 5.26 Å². The van der Waals surface area contributed by atoms with Crippen LogP contribution in [0.25, 0.3) is 0 Å². The Labute approximate surface area is 134 Å². The Kier molecular flexibility index (Phi) is 4.69. The fourth-order valence-electron chi connectivity index (χ4n) is 2.46. The van der Waals surface area contributed by atoms with Gasteiger partial charge >= 0.3 is 0 Å². The Morgan fingerprint density at radius 3 is 2.33 bits per heavy atom. The number of anilines is 1. The van der Waals surface area contributed by atoms with Crippen LogP contribution in [0.4, 0.5) is 5.69 Å². The van der Waals surface area contributed by atoms with Gasteiger partial charge in [-0.25, -0.2) is 0 Å². The molecular formula is C18H19BrN2. The number of rotatable bonds is 3. The van der Waals surface area contributed by atoms with Crippen LogP contribution >= 0.6 is 15.9 Å². The molecule has 2 aromatic rings. The molecule has 0 spiro atoms. The van der Waals surface area contributed by atoms with Crippen LogP contribution in [-0.4, -0.2) is 0 Å². The van der Waals surface area contributed by atoms with E-state index in [9.17, 15) is 0 Å². The number of hydrogen-bond acceptors (Lipinski definition) is 2. The third-order valence-corrected chi connectivity index (χ3v) is 4.48. The summed E-state index contributed by atoms with van der Waals surface area (Å²) in [6.45, 7) is 8.58. The summed E-state index contributed by atoms with van der Waals surface area (Å²) in [6, 6.07) is 12.4. The van der Waals surface area contributed by atoms with Crippen molar-refractivity contribution >= 4 is 21.6 Å². The van der Waals surface area contributed by atoms with E-state index >= 15 is 0 Å². The summed E-state index contributed by atoms with van der Waals surface area (Å²) >= 11 is 3.52. The number of nitrogens with one attached hydrogen (secondary N) is 1. The third-order valence-electron chi connectivity index (χ3n) is 3.82. The fourth-order valence-corrected chi connectivity index (χ4v) is 2.96. The van der Waals surface area contributed by atoms with Gasteiger partial charge in [0.1, 0.15) is 0 Å². The maximum Gasteiger partial charge on any atom is 0.0992 e. The molecule has 0 amide bonds. The van der Waals surface area contributed by atoms with E-state index in [1.54, 1.807) is 0 Å². The van der Waals surface area contributed by atoms with Crippen LogP contribution in [0.5, 0.6) is 0 Å². The van der Waals surface area contributed by atoms with E-state index in [2.05, 4.69) is 67.1 Å². The number of nitriles is 1. The number of benzene rings is 2. The zero-order valence-electron chi connectivity index (χ0n) is 12.8. The highest BCUT2D eigenvalue weighted by Gasteiger charge is 2.11. The zero-order chi connectivity index (χ0) is 15.6. The Balaban J connectivity index is 2.28. The van der Waals surface area contributed by atoms with Crippen LogP contribution in [0.2, 0.25) is 0 Å². The van der Waals surface area contributed by atoms with Gasteiger partial charge in [0, 0.05) is 16.2 Å². The summed E-state index contributed by atoms with van der Waals surface area (Å²) in [7, 11) is 0. The molecule has 2 rings (SSSR count). The maximum absolute atomic E-state index is 8.91.